The first-order chi connectivity index (χ1) is 10.1. The van der Waals surface area contributed by atoms with Crippen molar-refractivity contribution >= 4 is 34.1 Å². The fourth-order valence-corrected chi connectivity index (χ4v) is 3.25. The zero-order chi connectivity index (χ0) is 15.2. The number of halogens is 1. The molecule has 0 bridgehead atoms. The number of hydrogen-bond donors (Lipinski definition) is 1. The molecule has 0 aliphatic carbocycles. The van der Waals surface area contributed by atoms with Gasteiger partial charge in [-0.2, -0.15) is 0 Å². The van der Waals surface area contributed by atoms with Gasteiger partial charge < -0.3 is 10.2 Å². The van der Waals surface area contributed by atoms with Crippen molar-refractivity contribution in [2.45, 2.75) is 10.9 Å². The van der Waals surface area contributed by atoms with Gasteiger partial charge in [0.1, 0.15) is 5.82 Å². The Morgan fingerprint density at radius 2 is 2.29 bits per heavy atom. The third-order valence-corrected chi connectivity index (χ3v) is 4.73. The molecule has 0 fully saturated rings. The number of aromatic nitrogens is 2. The van der Waals surface area contributed by atoms with Gasteiger partial charge in [0.2, 0.25) is 11.0 Å². The summed E-state index contributed by atoms with van der Waals surface area (Å²) in [7, 11) is 3.47. The maximum Gasteiger partial charge on any atom is 0.233 e. The first-order valence-corrected chi connectivity index (χ1v) is 8.01. The Kier molecular flexibility index (Phi) is 5.51. The molecule has 0 radical (unpaired) electrons. The third kappa shape index (κ3) is 4.68. The average molecular weight is 326 g/mol. The summed E-state index contributed by atoms with van der Waals surface area (Å²) in [5.74, 6) is -0.0499. The highest BCUT2D eigenvalue weighted by atomic mass is 32.2. The quantitative estimate of drug-likeness (QED) is 0.827. The van der Waals surface area contributed by atoms with Gasteiger partial charge in [-0.1, -0.05) is 35.2 Å². The lowest BCUT2D eigenvalue weighted by molar-refractivity contribution is -0.127. The summed E-state index contributed by atoms with van der Waals surface area (Å²) in [4.78, 5) is 13.6. The Bertz CT molecular complexity index is 620. The lowest BCUT2D eigenvalue weighted by Gasteiger charge is -2.16. The number of carbonyl (C=O) groups excluding carboxylic acids is 1. The Morgan fingerprint density at radius 3 is 2.95 bits per heavy atom. The van der Waals surface area contributed by atoms with E-state index in [1.807, 2.05) is 0 Å². The minimum atomic E-state index is -0.295. The van der Waals surface area contributed by atoms with Gasteiger partial charge in [-0.3, -0.25) is 4.79 Å². The Hall–Kier alpha value is -1.67. The summed E-state index contributed by atoms with van der Waals surface area (Å²) < 4.78 is 13.8. The number of rotatable bonds is 6. The molecule has 0 aliphatic heterocycles. The van der Waals surface area contributed by atoms with E-state index in [4.69, 9.17) is 0 Å². The number of hydrogen-bond acceptors (Lipinski definition) is 6. The predicted molar refractivity (Wildman–Crippen MR) is 83.1 cm³/mol. The van der Waals surface area contributed by atoms with E-state index in [0.717, 1.165) is 15.0 Å². The van der Waals surface area contributed by atoms with Crippen molar-refractivity contribution < 1.29 is 9.18 Å². The maximum absolute atomic E-state index is 13.1. The molecule has 1 aromatic heterocycles. The first kappa shape index (κ1) is 15.7. The molecular formula is C13H15FN4OS2. The highest BCUT2D eigenvalue weighted by molar-refractivity contribution is 8.01. The SMILES string of the molecule is CNc1nnc(SCC(=O)N(C)Cc2cccc(F)c2)s1. The van der Waals surface area contributed by atoms with Crippen LogP contribution in [0.4, 0.5) is 9.52 Å². The standard InChI is InChI=1S/C13H15FN4OS2/c1-15-12-16-17-13(21-12)20-8-11(19)18(2)7-9-4-3-5-10(14)6-9/h3-6H,7-8H2,1-2H3,(H,15,16). The van der Waals surface area contributed by atoms with Gasteiger partial charge >= 0.3 is 0 Å². The molecule has 8 heteroatoms. The molecule has 0 saturated heterocycles. The molecule has 2 rings (SSSR count). The van der Waals surface area contributed by atoms with Crippen LogP contribution in [0.3, 0.4) is 0 Å². The van der Waals surface area contributed by atoms with E-state index in [1.54, 1.807) is 31.1 Å². The molecule has 0 saturated carbocycles. The van der Waals surface area contributed by atoms with E-state index in [2.05, 4.69) is 15.5 Å². The van der Waals surface area contributed by atoms with E-state index in [9.17, 15) is 9.18 Å². The lowest BCUT2D eigenvalue weighted by Crippen LogP contribution is -2.27. The molecule has 5 nitrogen and oxygen atoms in total. The molecule has 1 N–H and O–H groups in total. The van der Waals surface area contributed by atoms with E-state index >= 15 is 0 Å². The van der Waals surface area contributed by atoms with Crippen molar-refractivity contribution in [3.05, 3.63) is 35.6 Å². The predicted octanol–water partition coefficient (Wildman–Crippen LogP) is 2.47. The topological polar surface area (TPSA) is 58.1 Å². The Labute approximate surface area is 130 Å². The minimum absolute atomic E-state index is 0.0366. The molecule has 0 aliphatic rings. The van der Waals surface area contributed by atoms with Crippen LogP contribution in [-0.2, 0) is 11.3 Å². The molecule has 112 valence electrons. The normalized spacial score (nSPS) is 10.4. The summed E-state index contributed by atoms with van der Waals surface area (Å²) >= 11 is 2.75. The molecule has 1 heterocycles. The molecule has 21 heavy (non-hydrogen) atoms. The Balaban J connectivity index is 1.85. The molecule has 0 unspecified atom stereocenters. The Morgan fingerprint density at radius 1 is 1.48 bits per heavy atom. The fourth-order valence-electron chi connectivity index (χ4n) is 1.60. The summed E-state index contributed by atoms with van der Waals surface area (Å²) in [6.45, 7) is 0.384. The maximum atomic E-state index is 13.1. The first-order valence-electron chi connectivity index (χ1n) is 6.21. The summed E-state index contributed by atoms with van der Waals surface area (Å²) in [6.07, 6.45) is 0. The van der Waals surface area contributed by atoms with Gasteiger partial charge in [0.25, 0.3) is 0 Å². The van der Waals surface area contributed by atoms with Gasteiger partial charge in [0.15, 0.2) is 4.34 Å². The monoisotopic (exact) mass is 326 g/mol. The van der Waals surface area contributed by atoms with E-state index in [1.165, 1.54) is 35.2 Å². The molecule has 1 amide bonds. The van der Waals surface area contributed by atoms with Crippen molar-refractivity contribution in [3.8, 4) is 0 Å². The van der Waals surface area contributed by atoms with Gasteiger partial charge in [0, 0.05) is 20.6 Å². The molecule has 0 spiro atoms. The lowest BCUT2D eigenvalue weighted by atomic mass is 10.2. The fraction of sp³-hybridized carbons (Fsp3) is 0.308. The number of benzene rings is 1. The second-order valence-corrected chi connectivity index (χ2v) is 6.49. The number of nitrogens with one attached hydrogen (secondary N) is 1. The van der Waals surface area contributed by atoms with Gasteiger partial charge in [-0.05, 0) is 17.7 Å². The van der Waals surface area contributed by atoms with Crippen LogP contribution in [0.1, 0.15) is 5.56 Å². The molecular weight excluding hydrogens is 311 g/mol. The highest BCUT2D eigenvalue weighted by Gasteiger charge is 2.12. The van der Waals surface area contributed by atoms with Gasteiger partial charge in [-0.25, -0.2) is 4.39 Å². The van der Waals surface area contributed by atoms with E-state index < -0.39 is 0 Å². The number of anilines is 1. The molecule has 1 aromatic carbocycles. The highest BCUT2D eigenvalue weighted by Crippen LogP contribution is 2.25. The van der Waals surface area contributed by atoms with Crippen LogP contribution in [0.25, 0.3) is 0 Å². The molecule has 0 atom stereocenters. The average Bonchev–Trinajstić information content (AvgIpc) is 2.92. The van der Waals surface area contributed by atoms with Gasteiger partial charge in [0.05, 0.1) is 5.75 Å². The smallest absolute Gasteiger partial charge is 0.233 e. The zero-order valence-electron chi connectivity index (χ0n) is 11.7. The second kappa shape index (κ2) is 7.37. The number of nitrogens with zero attached hydrogens (tertiary/aromatic N) is 3. The van der Waals surface area contributed by atoms with Crippen LogP contribution < -0.4 is 5.32 Å². The van der Waals surface area contributed by atoms with Crippen LogP contribution in [0.5, 0.6) is 0 Å². The number of amides is 1. The number of carbonyl (C=O) groups is 1. The van der Waals surface area contributed by atoms with Gasteiger partial charge in [-0.15, -0.1) is 10.2 Å². The van der Waals surface area contributed by atoms with Crippen molar-refractivity contribution in [3.63, 3.8) is 0 Å². The van der Waals surface area contributed by atoms with Crippen LogP contribution in [0.2, 0.25) is 0 Å². The minimum Gasteiger partial charge on any atom is -0.363 e. The van der Waals surface area contributed by atoms with Crippen molar-refractivity contribution in [2.75, 3.05) is 25.2 Å². The summed E-state index contributed by atoms with van der Waals surface area (Å²) in [6, 6.07) is 6.25. The second-order valence-electron chi connectivity index (χ2n) is 4.29. The van der Waals surface area contributed by atoms with Crippen LogP contribution >= 0.6 is 23.1 Å². The summed E-state index contributed by atoms with van der Waals surface area (Å²) in [5, 5.41) is 11.5. The summed E-state index contributed by atoms with van der Waals surface area (Å²) in [5.41, 5.74) is 0.768. The van der Waals surface area contributed by atoms with Crippen molar-refractivity contribution in [1.82, 2.24) is 15.1 Å². The van der Waals surface area contributed by atoms with Crippen LogP contribution in [0.15, 0.2) is 28.6 Å². The van der Waals surface area contributed by atoms with Crippen LogP contribution in [-0.4, -0.2) is 40.9 Å². The van der Waals surface area contributed by atoms with E-state index in [0.29, 0.717) is 6.54 Å². The van der Waals surface area contributed by atoms with Crippen LogP contribution in [0, 0.1) is 5.82 Å². The third-order valence-electron chi connectivity index (χ3n) is 2.67. The van der Waals surface area contributed by atoms with Crippen molar-refractivity contribution in [2.24, 2.45) is 0 Å². The van der Waals surface area contributed by atoms with Crippen molar-refractivity contribution in [1.29, 1.82) is 0 Å². The molecule has 2 aromatic rings. The zero-order valence-corrected chi connectivity index (χ0v) is 13.3. The van der Waals surface area contributed by atoms with E-state index in [-0.39, 0.29) is 17.5 Å². The number of thioether (sulfide) groups is 1. The largest absolute Gasteiger partial charge is 0.363 e.